The fraction of sp³-hybridized carbons (Fsp3) is 0.538. The summed E-state index contributed by atoms with van der Waals surface area (Å²) in [5.74, 6) is 0. The van der Waals surface area contributed by atoms with Crippen molar-refractivity contribution in [3.8, 4) is 0 Å². The summed E-state index contributed by atoms with van der Waals surface area (Å²) in [7, 11) is -4.91. The van der Waals surface area contributed by atoms with Gasteiger partial charge in [-0.1, -0.05) is 30.3 Å². The molecule has 0 radical (unpaired) electrons. The summed E-state index contributed by atoms with van der Waals surface area (Å²) in [5.41, 5.74) is 0.739. The standard InChI is InChI=1S/C13H18O9S/c14-6-9-10(15)11(16)12(22-23(17,18)19)13(21-9)20-7-8-4-2-1-3-5-8/h1-5,9-16H,6-7H2,(H,17,18,19)/t9-,10+,11-,12-,13-/m1/s1. The van der Waals surface area contributed by atoms with Crippen LogP contribution < -0.4 is 0 Å². The lowest BCUT2D eigenvalue weighted by Crippen LogP contribution is -2.60. The van der Waals surface area contributed by atoms with E-state index in [0.717, 1.165) is 5.56 Å². The lowest BCUT2D eigenvalue weighted by molar-refractivity contribution is -0.298. The molecule has 1 aromatic carbocycles. The highest BCUT2D eigenvalue weighted by atomic mass is 32.3. The van der Waals surface area contributed by atoms with Gasteiger partial charge in [0.05, 0.1) is 13.2 Å². The number of aliphatic hydroxyl groups excluding tert-OH is 3. The Morgan fingerprint density at radius 1 is 1.13 bits per heavy atom. The predicted molar refractivity (Wildman–Crippen MR) is 75.4 cm³/mol. The van der Waals surface area contributed by atoms with E-state index in [1.807, 2.05) is 0 Å². The maximum atomic E-state index is 10.9. The first-order valence-corrected chi connectivity index (χ1v) is 8.12. The Morgan fingerprint density at radius 2 is 1.78 bits per heavy atom. The average Bonchev–Trinajstić information content (AvgIpc) is 2.51. The van der Waals surface area contributed by atoms with Crippen molar-refractivity contribution >= 4 is 10.4 Å². The van der Waals surface area contributed by atoms with Crippen molar-refractivity contribution in [2.75, 3.05) is 6.61 Å². The van der Waals surface area contributed by atoms with Gasteiger partial charge < -0.3 is 24.8 Å². The quantitative estimate of drug-likeness (QED) is 0.467. The van der Waals surface area contributed by atoms with E-state index in [2.05, 4.69) is 4.18 Å². The molecule has 2 rings (SSSR count). The molecule has 9 nitrogen and oxygen atoms in total. The van der Waals surface area contributed by atoms with Crippen molar-refractivity contribution in [2.45, 2.75) is 37.3 Å². The molecule has 0 saturated carbocycles. The molecule has 0 aromatic heterocycles. The van der Waals surface area contributed by atoms with Gasteiger partial charge in [-0.15, -0.1) is 0 Å². The summed E-state index contributed by atoms with van der Waals surface area (Å²) >= 11 is 0. The Morgan fingerprint density at radius 3 is 2.35 bits per heavy atom. The summed E-state index contributed by atoms with van der Waals surface area (Å²) < 4.78 is 45.5. The molecule has 1 heterocycles. The summed E-state index contributed by atoms with van der Waals surface area (Å²) in [6, 6.07) is 8.82. The number of benzene rings is 1. The number of ether oxygens (including phenoxy) is 2. The van der Waals surface area contributed by atoms with Crippen LogP contribution in [0, 0.1) is 0 Å². The van der Waals surface area contributed by atoms with E-state index in [0.29, 0.717) is 0 Å². The molecule has 130 valence electrons. The Hall–Kier alpha value is -1.11. The van der Waals surface area contributed by atoms with Crippen LogP contribution >= 0.6 is 0 Å². The zero-order chi connectivity index (χ0) is 17.0. The minimum Gasteiger partial charge on any atom is -0.394 e. The molecule has 0 spiro atoms. The topological polar surface area (TPSA) is 143 Å². The maximum Gasteiger partial charge on any atom is 0.397 e. The van der Waals surface area contributed by atoms with Crippen LogP contribution in [0.5, 0.6) is 0 Å². The molecular formula is C13H18O9S. The van der Waals surface area contributed by atoms with Gasteiger partial charge in [-0.25, -0.2) is 4.18 Å². The lowest BCUT2D eigenvalue weighted by Gasteiger charge is -2.40. The van der Waals surface area contributed by atoms with E-state index in [1.165, 1.54) is 0 Å². The number of rotatable bonds is 6. The first kappa shape index (κ1) is 18.2. The van der Waals surface area contributed by atoms with Crippen LogP contribution in [0.2, 0.25) is 0 Å². The van der Waals surface area contributed by atoms with Crippen LogP contribution in [0.3, 0.4) is 0 Å². The third-order valence-corrected chi connectivity index (χ3v) is 3.78. The molecule has 0 aliphatic carbocycles. The molecule has 5 atom stereocenters. The summed E-state index contributed by atoms with van der Waals surface area (Å²) in [4.78, 5) is 0. The second-order valence-corrected chi connectivity index (χ2v) is 6.04. The Labute approximate surface area is 133 Å². The second-order valence-electron chi connectivity index (χ2n) is 4.99. The van der Waals surface area contributed by atoms with Crippen LogP contribution in [0.4, 0.5) is 0 Å². The minimum atomic E-state index is -4.91. The summed E-state index contributed by atoms with van der Waals surface area (Å²) in [6.07, 6.45) is -7.65. The molecule has 23 heavy (non-hydrogen) atoms. The summed E-state index contributed by atoms with van der Waals surface area (Å²) in [6.45, 7) is -0.625. The SMILES string of the molecule is O=S(=O)(O)O[C@H]1[C@H](OCc2ccccc2)O[C@H](CO)[C@H](O)[C@H]1O. The van der Waals surface area contributed by atoms with Crippen molar-refractivity contribution in [3.63, 3.8) is 0 Å². The van der Waals surface area contributed by atoms with Gasteiger partial charge in [-0.3, -0.25) is 4.55 Å². The largest absolute Gasteiger partial charge is 0.397 e. The van der Waals surface area contributed by atoms with Crippen LogP contribution in [0.1, 0.15) is 5.56 Å². The monoisotopic (exact) mass is 350 g/mol. The van der Waals surface area contributed by atoms with Gasteiger partial charge in [-0.05, 0) is 5.56 Å². The van der Waals surface area contributed by atoms with Crippen molar-refractivity contribution < 1.29 is 41.9 Å². The maximum absolute atomic E-state index is 10.9. The first-order valence-electron chi connectivity index (χ1n) is 6.75. The zero-order valence-corrected chi connectivity index (χ0v) is 12.7. The molecule has 1 saturated heterocycles. The van der Waals surface area contributed by atoms with Gasteiger partial charge in [0.1, 0.15) is 18.3 Å². The molecule has 1 aliphatic rings. The zero-order valence-electron chi connectivity index (χ0n) is 11.9. The molecule has 1 aliphatic heterocycles. The van der Waals surface area contributed by atoms with Gasteiger partial charge >= 0.3 is 10.4 Å². The number of hydrogen-bond donors (Lipinski definition) is 4. The average molecular weight is 350 g/mol. The second kappa shape index (κ2) is 7.64. The first-order chi connectivity index (χ1) is 10.8. The highest BCUT2D eigenvalue weighted by molar-refractivity contribution is 7.80. The Kier molecular flexibility index (Phi) is 6.06. The van der Waals surface area contributed by atoms with Gasteiger partial charge in [0, 0.05) is 0 Å². The van der Waals surface area contributed by atoms with Crippen molar-refractivity contribution in [1.82, 2.24) is 0 Å². The smallest absolute Gasteiger partial charge is 0.394 e. The highest BCUT2D eigenvalue weighted by Crippen LogP contribution is 2.26. The summed E-state index contributed by atoms with van der Waals surface area (Å²) in [5, 5.41) is 28.8. The molecule has 1 fully saturated rings. The Bertz CT molecular complexity index is 591. The normalized spacial score (nSPS) is 31.9. The molecule has 0 bridgehead atoms. The van der Waals surface area contributed by atoms with Crippen molar-refractivity contribution in [2.24, 2.45) is 0 Å². The van der Waals surface area contributed by atoms with Crippen LogP contribution in [-0.2, 0) is 30.7 Å². The van der Waals surface area contributed by atoms with Gasteiger partial charge in [0.15, 0.2) is 12.4 Å². The van der Waals surface area contributed by atoms with Crippen LogP contribution in [0.25, 0.3) is 0 Å². The van der Waals surface area contributed by atoms with Crippen molar-refractivity contribution in [3.05, 3.63) is 35.9 Å². The van der Waals surface area contributed by atoms with Crippen LogP contribution in [-0.4, -0.2) is 65.6 Å². The highest BCUT2D eigenvalue weighted by Gasteiger charge is 2.47. The fourth-order valence-corrected chi connectivity index (χ4v) is 2.67. The van der Waals surface area contributed by atoms with Gasteiger partial charge in [-0.2, -0.15) is 8.42 Å². The molecule has 0 unspecified atom stereocenters. The van der Waals surface area contributed by atoms with E-state index in [-0.39, 0.29) is 6.61 Å². The fourth-order valence-electron chi connectivity index (χ4n) is 2.19. The van der Waals surface area contributed by atoms with Gasteiger partial charge in [0.25, 0.3) is 0 Å². The minimum absolute atomic E-state index is 0.00218. The molecule has 0 amide bonds. The molecule has 10 heteroatoms. The third kappa shape index (κ3) is 4.93. The van der Waals surface area contributed by atoms with E-state index < -0.39 is 47.7 Å². The van der Waals surface area contributed by atoms with E-state index in [9.17, 15) is 18.6 Å². The van der Waals surface area contributed by atoms with Crippen LogP contribution in [0.15, 0.2) is 30.3 Å². The number of aliphatic hydroxyl groups is 3. The van der Waals surface area contributed by atoms with E-state index in [4.69, 9.17) is 19.1 Å². The Balaban J connectivity index is 2.13. The molecule has 1 aromatic rings. The lowest BCUT2D eigenvalue weighted by atomic mass is 9.99. The third-order valence-electron chi connectivity index (χ3n) is 3.31. The number of hydrogen-bond acceptors (Lipinski definition) is 8. The van der Waals surface area contributed by atoms with E-state index in [1.54, 1.807) is 30.3 Å². The van der Waals surface area contributed by atoms with E-state index >= 15 is 0 Å². The van der Waals surface area contributed by atoms with Crippen molar-refractivity contribution in [1.29, 1.82) is 0 Å². The molecular weight excluding hydrogens is 332 g/mol. The molecule has 4 N–H and O–H groups in total. The van der Waals surface area contributed by atoms with Gasteiger partial charge in [0.2, 0.25) is 0 Å². The predicted octanol–water partition coefficient (Wildman–Crippen LogP) is -1.17.